The number of halogens is 2. The zero-order chi connectivity index (χ0) is 21.1. The summed E-state index contributed by atoms with van der Waals surface area (Å²) in [5, 5.41) is 18.3. The maximum Gasteiger partial charge on any atom is 0.280 e. The van der Waals surface area contributed by atoms with E-state index in [0.29, 0.717) is 9.13 Å². The number of hydrogen-bond donors (Lipinski definition) is 3. The van der Waals surface area contributed by atoms with E-state index in [9.17, 15) is 19.1 Å². The number of nitrogens with one attached hydrogen (secondary N) is 1. The molecule has 8 nitrogen and oxygen atoms in total. The lowest BCUT2D eigenvalue weighted by Gasteiger charge is -2.16. The molecule has 3 aromatic rings. The number of benzene rings is 1. The monoisotopic (exact) mass is 516 g/mol. The van der Waals surface area contributed by atoms with Gasteiger partial charge >= 0.3 is 0 Å². The minimum Gasteiger partial charge on any atom is -0.463 e. The summed E-state index contributed by atoms with van der Waals surface area (Å²) in [7, 11) is 1.49. The number of hydrogen-bond acceptors (Lipinski definition) is 6. The molecule has 1 aromatic carbocycles. The van der Waals surface area contributed by atoms with Crippen molar-refractivity contribution in [3.05, 3.63) is 67.1 Å². The van der Waals surface area contributed by atoms with Crippen molar-refractivity contribution in [3.8, 4) is 0 Å². The van der Waals surface area contributed by atoms with E-state index in [2.05, 4.69) is 5.48 Å². The topological polar surface area (TPSA) is 114 Å². The van der Waals surface area contributed by atoms with Gasteiger partial charge in [-0.2, -0.15) is 0 Å². The number of aromatic nitrogens is 1. The quantitative estimate of drug-likeness (QED) is 0.324. The van der Waals surface area contributed by atoms with Crippen LogP contribution in [0.1, 0.15) is 21.6 Å². The SMILES string of the molecule is Cn1c(Cc2ccc(I)cc2F)c(C(=O)NOC[C@H](O)CO)c2occc2c1=O. The summed E-state index contributed by atoms with van der Waals surface area (Å²) in [5.41, 5.74) is 2.39. The Bertz CT molecular complexity index is 1110. The number of amides is 1. The molecule has 0 saturated carbocycles. The van der Waals surface area contributed by atoms with Gasteiger partial charge in [-0.15, -0.1) is 0 Å². The highest BCUT2D eigenvalue weighted by Crippen LogP contribution is 2.24. The fourth-order valence-corrected chi connectivity index (χ4v) is 3.32. The molecule has 1 amide bonds. The van der Waals surface area contributed by atoms with Crippen LogP contribution in [0.3, 0.4) is 0 Å². The minimum atomic E-state index is -1.17. The van der Waals surface area contributed by atoms with Gasteiger partial charge in [-0.3, -0.25) is 14.4 Å². The van der Waals surface area contributed by atoms with Crippen molar-refractivity contribution in [3.63, 3.8) is 0 Å². The van der Waals surface area contributed by atoms with Crippen LogP contribution in [0.5, 0.6) is 0 Å². The Kier molecular flexibility index (Phi) is 6.67. The van der Waals surface area contributed by atoms with Crippen LogP contribution in [-0.4, -0.2) is 40.0 Å². The number of carbonyl (C=O) groups excluding carboxylic acids is 1. The first-order valence-electron chi connectivity index (χ1n) is 8.57. The summed E-state index contributed by atoms with van der Waals surface area (Å²) >= 11 is 1.99. The molecular weight excluding hydrogens is 498 g/mol. The van der Waals surface area contributed by atoms with Crippen LogP contribution in [0.25, 0.3) is 11.0 Å². The number of rotatable bonds is 7. The van der Waals surface area contributed by atoms with Crippen molar-refractivity contribution in [1.29, 1.82) is 0 Å². The van der Waals surface area contributed by atoms with Gasteiger partial charge in [-0.1, -0.05) is 6.07 Å². The van der Waals surface area contributed by atoms with Gasteiger partial charge in [-0.05, 0) is 46.4 Å². The number of pyridine rings is 1. The first-order chi connectivity index (χ1) is 13.8. The average Bonchev–Trinajstić information content (AvgIpc) is 3.17. The van der Waals surface area contributed by atoms with Crippen LogP contribution >= 0.6 is 22.6 Å². The van der Waals surface area contributed by atoms with E-state index in [0.717, 1.165) is 0 Å². The number of aliphatic hydroxyl groups excluding tert-OH is 2. The van der Waals surface area contributed by atoms with E-state index >= 15 is 0 Å². The summed E-state index contributed by atoms with van der Waals surface area (Å²) in [6, 6.07) is 6.12. The second-order valence-electron chi connectivity index (χ2n) is 6.34. The first-order valence-corrected chi connectivity index (χ1v) is 9.65. The van der Waals surface area contributed by atoms with E-state index < -0.39 is 24.4 Å². The fourth-order valence-electron chi connectivity index (χ4n) is 2.87. The van der Waals surface area contributed by atoms with Crippen LogP contribution in [0.4, 0.5) is 4.39 Å². The predicted molar refractivity (Wildman–Crippen MR) is 110 cm³/mol. The van der Waals surface area contributed by atoms with Crippen molar-refractivity contribution in [1.82, 2.24) is 10.0 Å². The molecule has 29 heavy (non-hydrogen) atoms. The fraction of sp³-hybridized carbons (Fsp3) is 0.263. The summed E-state index contributed by atoms with van der Waals surface area (Å²) in [4.78, 5) is 30.4. The van der Waals surface area contributed by atoms with Crippen molar-refractivity contribution in [2.24, 2.45) is 7.05 Å². The van der Waals surface area contributed by atoms with Gasteiger partial charge in [0, 0.05) is 22.7 Å². The van der Waals surface area contributed by atoms with Crippen LogP contribution in [0.15, 0.2) is 39.7 Å². The lowest BCUT2D eigenvalue weighted by molar-refractivity contribution is -0.0295. The van der Waals surface area contributed by atoms with Crippen molar-refractivity contribution in [2.75, 3.05) is 13.2 Å². The molecule has 0 saturated heterocycles. The van der Waals surface area contributed by atoms with Crippen LogP contribution in [0.2, 0.25) is 0 Å². The molecule has 0 fully saturated rings. The maximum absolute atomic E-state index is 14.4. The molecule has 10 heteroatoms. The first kappa shape index (κ1) is 21.4. The summed E-state index contributed by atoms with van der Waals surface area (Å²) < 4.78 is 21.7. The van der Waals surface area contributed by atoms with Gasteiger partial charge < -0.3 is 19.2 Å². The second-order valence-corrected chi connectivity index (χ2v) is 7.59. The largest absolute Gasteiger partial charge is 0.463 e. The Balaban J connectivity index is 2.05. The molecule has 2 aromatic heterocycles. The van der Waals surface area contributed by atoms with E-state index in [-0.39, 0.29) is 40.8 Å². The number of fused-ring (bicyclic) bond motifs is 1. The Hall–Kier alpha value is -2.28. The third-order valence-electron chi connectivity index (χ3n) is 4.37. The Labute approximate surface area is 178 Å². The Morgan fingerprint density at radius 2 is 2.17 bits per heavy atom. The van der Waals surface area contributed by atoms with Gasteiger partial charge in [-0.25, -0.2) is 9.87 Å². The lowest BCUT2D eigenvalue weighted by Crippen LogP contribution is -2.33. The zero-order valence-electron chi connectivity index (χ0n) is 15.3. The Morgan fingerprint density at radius 3 is 2.86 bits per heavy atom. The molecule has 2 heterocycles. The number of nitrogens with zero attached hydrogens (tertiary/aromatic N) is 1. The van der Waals surface area contributed by atoms with Gasteiger partial charge in [0.15, 0.2) is 5.58 Å². The van der Waals surface area contributed by atoms with E-state index in [1.807, 2.05) is 22.6 Å². The highest BCUT2D eigenvalue weighted by atomic mass is 127. The smallest absolute Gasteiger partial charge is 0.280 e. The minimum absolute atomic E-state index is 0.0172. The molecular formula is C19H18FIN2O6. The number of furan rings is 1. The predicted octanol–water partition coefficient (Wildman–Crippen LogP) is 1.48. The van der Waals surface area contributed by atoms with Crippen LogP contribution < -0.4 is 11.0 Å². The molecule has 0 aliphatic heterocycles. The lowest BCUT2D eigenvalue weighted by atomic mass is 10.0. The molecule has 154 valence electrons. The van der Waals surface area contributed by atoms with Gasteiger partial charge in [0.25, 0.3) is 11.5 Å². The molecule has 3 N–H and O–H groups in total. The molecule has 0 aliphatic carbocycles. The zero-order valence-corrected chi connectivity index (χ0v) is 17.5. The van der Waals surface area contributed by atoms with Gasteiger partial charge in [0.2, 0.25) is 0 Å². The molecule has 3 rings (SSSR count). The average molecular weight is 516 g/mol. The molecule has 0 radical (unpaired) electrons. The molecule has 0 spiro atoms. The number of hydroxylamine groups is 1. The third kappa shape index (κ3) is 4.50. The van der Waals surface area contributed by atoms with E-state index in [4.69, 9.17) is 14.4 Å². The van der Waals surface area contributed by atoms with Crippen molar-refractivity contribution < 1.29 is 28.7 Å². The highest BCUT2D eigenvalue weighted by molar-refractivity contribution is 14.1. The van der Waals surface area contributed by atoms with E-state index in [1.54, 1.807) is 12.1 Å². The second kappa shape index (κ2) is 9.03. The van der Waals surface area contributed by atoms with E-state index in [1.165, 1.54) is 30.0 Å². The van der Waals surface area contributed by atoms with Gasteiger partial charge in [0.1, 0.15) is 24.1 Å². The third-order valence-corrected chi connectivity index (χ3v) is 5.04. The summed E-state index contributed by atoms with van der Waals surface area (Å²) in [6.07, 6.45) is 0.0844. The number of aliphatic hydroxyl groups is 2. The molecule has 1 atom stereocenters. The van der Waals surface area contributed by atoms with Crippen LogP contribution in [-0.2, 0) is 18.3 Å². The van der Waals surface area contributed by atoms with Gasteiger partial charge in [0.05, 0.1) is 18.3 Å². The molecule has 0 aliphatic rings. The Morgan fingerprint density at radius 1 is 1.41 bits per heavy atom. The summed E-state index contributed by atoms with van der Waals surface area (Å²) in [6.45, 7) is -0.869. The summed E-state index contributed by atoms with van der Waals surface area (Å²) in [5.74, 6) is -1.19. The normalized spacial score (nSPS) is 12.3. The van der Waals surface area contributed by atoms with Crippen molar-refractivity contribution >= 4 is 39.5 Å². The standard InChI is InChI=1S/C19H18FIN2O6/c1-23-15(6-10-2-3-11(21)7-14(10)20)16(17-13(19(23)27)4-5-28-17)18(26)22-29-9-12(25)8-24/h2-5,7,12,24-25H,6,8-9H2,1H3,(H,22,26)/t12-/m1/s1. The highest BCUT2D eigenvalue weighted by Gasteiger charge is 2.24. The molecule has 0 unspecified atom stereocenters. The number of carbonyl (C=O) groups is 1. The molecule has 0 bridgehead atoms. The van der Waals surface area contributed by atoms with Crippen molar-refractivity contribution in [2.45, 2.75) is 12.5 Å². The maximum atomic E-state index is 14.4. The van der Waals surface area contributed by atoms with Crippen LogP contribution in [0, 0.1) is 9.39 Å².